The van der Waals surface area contributed by atoms with Gasteiger partial charge in [0.15, 0.2) is 11.2 Å². The van der Waals surface area contributed by atoms with E-state index in [2.05, 4.69) is 20.0 Å². The molecule has 1 aliphatic carbocycles. The average Bonchev–Trinajstić information content (AvgIpc) is 3.36. The van der Waals surface area contributed by atoms with Gasteiger partial charge in [0.2, 0.25) is 5.95 Å². The number of imidazole rings is 1. The van der Waals surface area contributed by atoms with Crippen LogP contribution in [0.4, 0.5) is 5.95 Å². The Morgan fingerprint density at radius 2 is 2.11 bits per heavy atom. The number of ether oxygens (including phenoxy) is 2. The molecule has 5 rings (SSSR count). The van der Waals surface area contributed by atoms with E-state index in [4.69, 9.17) is 24.3 Å². The van der Waals surface area contributed by atoms with Crippen LogP contribution in [0.15, 0.2) is 35.4 Å². The van der Waals surface area contributed by atoms with Crippen LogP contribution in [-0.4, -0.2) is 50.8 Å². The molecule has 192 valence electrons. The minimum atomic E-state index is -1.66. The lowest BCUT2D eigenvalue weighted by Crippen LogP contribution is -2.38. The van der Waals surface area contributed by atoms with Crippen LogP contribution in [0.2, 0.25) is 0 Å². The number of methoxy groups -OCH3 is 1. The molecule has 0 bridgehead atoms. The number of carbonyl (C=O) groups excluding carboxylic acids is 1. The van der Waals surface area contributed by atoms with E-state index in [9.17, 15) is 9.59 Å². The summed E-state index contributed by atoms with van der Waals surface area (Å²) in [5, 5.41) is 3.24. The minimum absolute atomic E-state index is 0.0179. The zero-order valence-corrected chi connectivity index (χ0v) is 21.2. The van der Waals surface area contributed by atoms with Crippen molar-refractivity contribution in [3.05, 3.63) is 46.5 Å². The summed E-state index contributed by atoms with van der Waals surface area (Å²) >= 11 is 0. The Bertz CT molecular complexity index is 1310. The summed E-state index contributed by atoms with van der Waals surface area (Å²) in [6.45, 7) is 4.29. The van der Waals surface area contributed by atoms with Crippen LogP contribution in [0.1, 0.15) is 38.0 Å². The largest absolute Gasteiger partial charge is 0.468 e. The quantitative estimate of drug-likeness (QED) is 0.285. The highest BCUT2D eigenvalue weighted by Gasteiger charge is 2.53. The first-order chi connectivity index (χ1) is 17.3. The minimum Gasteiger partial charge on any atom is -0.468 e. The first-order valence-electron chi connectivity index (χ1n) is 11.7. The normalized spacial score (nSPS) is 23.5. The molecule has 0 amide bonds. The van der Waals surface area contributed by atoms with Crippen LogP contribution < -0.4 is 20.9 Å². The van der Waals surface area contributed by atoms with Gasteiger partial charge in [0.25, 0.3) is 5.56 Å². The van der Waals surface area contributed by atoms with Crippen molar-refractivity contribution in [2.45, 2.75) is 51.0 Å². The number of nitrogen functional groups attached to an aromatic ring is 1. The molecule has 4 N–H and O–H groups in total. The van der Waals surface area contributed by atoms with E-state index in [1.807, 2.05) is 38.1 Å². The zero-order valence-electron chi connectivity index (χ0n) is 20.3. The van der Waals surface area contributed by atoms with E-state index < -0.39 is 19.6 Å². The molecule has 1 saturated carbocycles. The van der Waals surface area contributed by atoms with Crippen molar-refractivity contribution in [3.63, 3.8) is 0 Å². The molecule has 36 heavy (non-hydrogen) atoms. The fourth-order valence-corrected chi connectivity index (χ4v) is 5.72. The predicted molar refractivity (Wildman–Crippen MR) is 132 cm³/mol. The molecule has 0 radical (unpaired) electrons. The summed E-state index contributed by atoms with van der Waals surface area (Å²) in [6.07, 6.45) is 2.92. The number of fused-ring (bicyclic) bond motifs is 1. The Balaban J connectivity index is 1.28. The SMILES string of the molecule is COC(=O)C1(NP(OCC2CC(C)C(n3cnc4c(=O)[nH]c(N)nc43)O2)Oc2ccc(C)cc2)CC1. The maximum Gasteiger partial charge on any atom is 0.326 e. The van der Waals surface area contributed by atoms with E-state index in [-0.39, 0.29) is 42.3 Å². The molecule has 1 aliphatic heterocycles. The number of carbonyl (C=O) groups is 1. The third-order valence-corrected chi connectivity index (χ3v) is 7.77. The highest BCUT2D eigenvalue weighted by atomic mass is 31.2. The predicted octanol–water partition coefficient (Wildman–Crippen LogP) is 2.55. The van der Waals surface area contributed by atoms with Crippen LogP contribution in [0.3, 0.4) is 0 Å². The molecule has 1 aromatic carbocycles. The number of benzene rings is 1. The van der Waals surface area contributed by atoms with E-state index in [1.165, 1.54) is 7.11 Å². The Kier molecular flexibility index (Phi) is 6.69. The molecule has 0 spiro atoms. The lowest BCUT2D eigenvalue weighted by molar-refractivity contribution is -0.143. The molecule has 2 aromatic heterocycles. The van der Waals surface area contributed by atoms with E-state index in [1.54, 1.807) is 10.9 Å². The standard InChI is InChI=1S/C23H29N6O6P/c1-13-4-6-15(7-5-13)35-36(28-23(8-9-23)21(31)32-3)33-11-16-10-14(2)20(34-16)29-12-25-17-18(29)26-22(24)27-19(17)30/h4-7,12,14,16,20,28H,8-11H2,1-3H3,(H3,24,26,27,30). The van der Waals surface area contributed by atoms with Gasteiger partial charge < -0.3 is 24.3 Å². The summed E-state index contributed by atoms with van der Waals surface area (Å²) in [5.41, 5.74) is 6.23. The van der Waals surface area contributed by atoms with E-state index >= 15 is 0 Å². The maximum absolute atomic E-state index is 12.3. The monoisotopic (exact) mass is 516 g/mol. The summed E-state index contributed by atoms with van der Waals surface area (Å²) in [5.74, 6) is 0.424. The molecule has 13 heteroatoms. The van der Waals surface area contributed by atoms with Gasteiger partial charge in [-0.1, -0.05) is 24.6 Å². The smallest absolute Gasteiger partial charge is 0.326 e. The van der Waals surface area contributed by atoms with Crippen molar-refractivity contribution in [2.24, 2.45) is 5.92 Å². The number of hydrogen-bond acceptors (Lipinski definition) is 10. The first kappa shape index (κ1) is 24.6. The third-order valence-electron chi connectivity index (χ3n) is 6.40. The number of anilines is 1. The number of H-pyrrole nitrogens is 1. The van der Waals surface area contributed by atoms with Crippen LogP contribution in [-0.2, 0) is 18.8 Å². The first-order valence-corrected chi connectivity index (χ1v) is 12.9. The molecule has 2 aliphatic rings. The van der Waals surface area contributed by atoms with Gasteiger partial charge in [-0.05, 0) is 38.3 Å². The number of nitrogens with two attached hydrogens (primary N) is 1. The molecule has 12 nitrogen and oxygen atoms in total. The van der Waals surface area contributed by atoms with Crippen molar-refractivity contribution in [1.29, 1.82) is 0 Å². The number of nitrogens with zero attached hydrogens (tertiary/aromatic N) is 3. The number of hydrogen-bond donors (Lipinski definition) is 3. The summed E-state index contributed by atoms with van der Waals surface area (Å²) in [6, 6.07) is 7.62. The molecule has 4 atom stereocenters. The second-order valence-corrected chi connectivity index (χ2v) is 10.5. The summed E-state index contributed by atoms with van der Waals surface area (Å²) < 4.78 is 25.2. The molecule has 3 heterocycles. The third kappa shape index (κ3) is 4.94. The van der Waals surface area contributed by atoms with Gasteiger partial charge in [0.05, 0.1) is 26.1 Å². The topological polar surface area (TPSA) is 156 Å². The number of nitrogens with one attached hydrogen (secondary N) is 2. The molecule has 3 aromatic rings. The van der Waals surface area contributed by atoms with Gasteiger partial charge in [-0.15, -0.1) is 0 Å². The molecular weight excluding hydrogens is 487 g/mol. The molecule has 2 fully saturated rings. The second kappa shape index (κ2) is 9.78. The summed E-state index contributed by atoms with van der Waals surface area (Å²) in [4.78, 5) is 35.3. The second-order valence-electron chi connectivity index (χ2n) is 9.28. The van der Waals surface area contributed by atoms with Gasteiger partial charge >= 0.3 is 14.5 Å². The molecular formula is C23H29N6O6P. The van der Waals surface area contributed by atoms with Crippen LogP contribution in [0, 0.1) is 12.8 Å². The van der Waals surface area contributed by atoms with Crippen molar-refractivity contribution in [2.75, 3.05) is 19.5 Å². The number of aromatic amines is 1. The Morgan fingerprint density at radius 3 is 2.81 bits per heavy atom. The number of aryl methyl sites for hydroxylation is 1. The van der Waals surface area contributed by atoms with Crippen molar-refractivity contribution >= 4 is 31.6 Å². The lowest BCUT2D eigenvalue weighted by Gasteiger charge is -2.24. The highest BCUT2D eigenvalue weighted by molar-refractivity contribution is 7.45. The lowest BCUT2D eigenvalue weighted by atomic mass is 10.1. The fourth-order valence-electron chi connectivity index (χ4n) is 4.28. The van der Waals surface area contributed by atoms with Gasteiger partial charge in [-0.25, -0.2) is 10.1 Å². The van der Waals surface area contributed by atoms with Crippen molar-refractivity contribution < 1.29 is 23.3 Å². The molecule has 1 saturated heterocycles. The Hall–Kier alpha value is -3.05. The summed E-state index contributed by atoms with van der Waals surface area (Å²) in [7, 11) is -0.288. The van der Waals surface area contributed by atoms with Crippen LogP contribution in [0.25, 0.3) is 11.2 Å². The molecule has 4 unspecified atom stereocenters. The Labute approximate surface area is 208 Å². The number of rotatable bonds is 9. The van der Waals surface area contributed by atoms with Gasteiger partial charge in [-0.2, -0.15) is 4.98 Å². The maximum atomic E-state index is 12.3. The number of esters is 1. The van der Waals surface area contributed by atoms with E-state index in [0.717, 1.165) is 5.56 Å². The van der Waals surface area contributed by atoms with Gasteiger partial charge in [-0.3, -0.25) is 19.1 Å². The van der Waals surface area contributed by atoms with Crippen molar-refractivity contribution in [1.82, 2.24) is 24.6 Å². The van der Waals surface area contributed by atoms with Crippen molar-refractivity contribution in [3.8, 4) is 5.75 Å². The average molecular weight is 516 g/mol. The number of aromatic nitrogens is 4. The van der Waals surface area contributed by atoms with E-state index in [0.29, 0.717) is 30.7 Å². The van der Waals surface area contributed by atoms with Gasteiger partial charge in [0, 0.05) is 5.92 Å². The Morgan fingerprint density at radius 1 is 1.36 bits per heavy atom. The zero-order chi connectivity index (χ0) is 25.4. The fraction of sp³-hybridized carbons (Fsp3) is 0.478. The van der Waals surface area contributed by atoms with Crippen LogP contribution in [0.5, 0.6) is 5.75 Å². The van der Waals surface area contributed by atoms with Crippen LogP contribution >= 0.6 is 8.53 Å². The highest BCUT2D eigenvalue weighted by Crippen LogP contribution is 2.47. The van der Waals surface area contributed by atoms with Gasteiger partial charge in [0.1, 0.15) is 17.5 Å².